The third-order valence-corrected chi connectivity index (χ3v) is 6.27. The van der Waals surface area contributed by atoms with Crippen LogP contribution in [0.15, 0.2) is 30.3 Å². The predicted octanol–water partition coefficient (Wildman–Crippen LogP) is 4.25. The van der Waals surface area contributed by atoms with Crippen molar-refractivity contribution in [2.75, 3.05) is 34.8 Å². The Hall–Kier alpha value is -2.41. The van der Waals surface area contributed by atoms with E-state index >= 15 is 0 Å². The van der Waals surface area contributed by atoms with Crippen LogP contribution in [0.2, 0.25) is 0 Å². The molecule has 1 aromatic carbocycles. The monoisotopic (exact) mass is 424 g/mol. The lowest BCUT2D eigenvalue weighted by Crippen LogP contribution is -2.38. The lowest BCUT2D eigenvalue weighted by atomic mass is 10.0. The lowest BCUT2D eigenvalue weighted by Gasteiger charge is -2.34. The first-order valence-corrected chi connectivity index (χ1v) is 11.5. The first kappa shape index (κ1) is 20.8. The van der Waals surface area contributed by atoms with Gasteiger partial charge in [0, 0.05) is 49.7 Å². The molecule has 0 unspecified atom stereocenters. The van der Waals surface area contributed by atoms with Crippen molar-refractivity contribution in [2.45, 2.75) is 58.5 Å². The molecule has 0 aliphatic carbocycles. The number of aromatic nitrogens is 2. The highest BCUT2D eigenvalue weighted by atomic mass is 32.1. The summed E-state index contributed by atoms with van der Waals surface area (Å²) in [4.78, 5) is 14.1. The van der Waals surface area contributed by atoms with Crippen LogP contribution in [-0.4, -0.2) is 40.8 Å². The standard InChI is InChI=1S/C23H32N6S/c1-17-15-21(29-14-4-3-7-18(29)2)26-22(25-17)27-23(30)24-16-19-8-10-20(11-9-19)28-12-5-6-13-28/h8-11,15,18H,3-7,12-14,16H2,1-2H3,(H2,24,25,26,27,30)/t18-/m1/s1. The van der Waals surface area contributed by atoms with Crippen molar-refractivity contribution in [3.8, 4) is 0 Å². The van der Waals surface area contributed by atoms with Gasteiger partial charge in [-0.1, -0.05) is 12.1 Å². The average molecular weight is 425 g/mol. The summed E-state index contributed by atoms with van der Waals surface area (Å²) < 4.78 is 0. The van der Waals surface area contributed by atoms with Gasteiger partial charge in [-0.25, -0.2) is 4.98 Å². The van der Waals surface area contributed by atoms with E-state index in [9.17, 15) is 0 Å². The highest BCUT2D eigenvalue weighted by Gasteiger charge is 2.20. The second-order valence-electron chi connectivity index (χ2n) is 8.40. The van der Waals surface area contributed by atoms with Crippen molar-refractivity contribution in [1.82, 2.24) is 15.3 Å². The van der Waals surface area contributed by atoms with Crippen LogP contribution < -0.4 is 20.4 Å². The van der Waals surface area contributed by atoms with Crippen molar-refractivity contribution < 1.29 is 0 Å². The maximum Gasteiger partial charge on any atom is 0.231 e. The molecule has 2 fully saturated rings. The largest absolute Gasteiger partial charge is 0.372 e. The lowest BCUT2D eigenvalue weighted by molar-refractivity contribution is 0.481. The Morgan fingerprint density at radius 3 is 2.53 bits per heavy atom. The smallest absolute Gasteiger partial charge is 0.231 e. The maximum absolute atomic E-state index is 5.49. The highest BCUT2D eigenvalue weighted by Crippen LogP contribution is 2.24. The van der Waals surface area contributed by atoms with Crippen LogP contribution in [0.4, 0.5) is 17.5 Å². The van der Waals surface area contributed by atoms with E-state index in [0.29, 0.717) is 23.6 Å². The molecule has 0 radical (unpaired) electrons. The number of aryl methyl sites for hydroxylation is 1. The molecule has 3 heterocycles. The molecule has 0 saturated carbocycles. The molecule has 2 N–H and O–H groups in total. The van der Waals surface area contributed by atoms with Crippen LogP contribution in [-0.2, 0) is 6.54 Å². The van der Waals surface area contributed by atoms with Crippen LogP contribution in [0.3, 0.4) is 0 Å². The Morgan fingerprint density at radius 2 is 1.80 bits per heavy atom. The van der Waals surface area contributed by atoms with Gasteiger partial charge >= 0.3 is 0 Å². The SMILES string of the molecule is Cc1cc(N2CCCC[C@H]2C)nc(NC(=S)NCc2ccc(N3CCCC3)cc2)n1. The third-order valence-electron chi connectivity index (χ3n) is 6.02. The van der Waals surface area contributed by atoms with Gasteiger partial charge in [0.15, 0.2) is 5.11 Å². The molecular formula is C23H32N6S. The molecule has 2 aliphatic rings. The first-order valence-electron chi connectivity index (χ1n) is 11.1. The van der Waals surface area contributed by atoms with Gasteiger partial charge in [-0.05, 0) is 75.9 Å². The van der Waals surface area contributed by atoms with Crippen molar-refractivity contribution in [3.05, 3.63) is 41.6 Å². The number of rotatable bonds is 5. The minimum Gasteiger partial charge on any atom is -0.372 e. The summed E-state index contributed by atoms with van der Waals surface area (Å²) >= 11 is 5.49. The van der Waals surface area contributed by atoms with Gasteiger partial charge in [0.25, 0.3) is 0 Å². The Kier molecular flexibility index (Phi) is 6.67. The summed E-state index contributed by atoms with van der Waals surface area (Å²) in [5, 5.41) is 6.99. The third kappa shape index (κ3) is 5.19. The number of piperidine rings is 1. The molecule has 2 aromatic rings. The van der Waals surface area contributed by atoms with Gasteiger partial charge < -0.3 is 20.4 Å². The average Bonchev–Trinajstić information content (AvgIpc) is 3.27. The molecule has 4 rings (SSSR count). The zero-order chi connectivity index (χ0) is 20.9. The summed E-state index contributed by atoms with van der Waals surface area (Å²) in [6.45, 7) is 8.33. The normalized spacial score (nSPS) is 19.1. The molecule has 1 aromatic heterocycles. The predicted molar refractivity (Wildman–Crippen MR) is 128 cm³/mol. The number of benzene rings is 1. The molecule has 0 bridgehead atoms. The summed E-state index contributed by atoms with van der Waals surface area (Å²) in [5.41, 5.74) is 3.46. The van der Waals surface area contributed by atoms with Gasteiger partial charge in [-0.3, -0.25) is 0 Å². The first-order chi connectivity index (χ1) is 14.6. The molecular weight excluding hydrogens is 392 g/mol. The summed E-state index contributed by atoms with van der Waals surface area (Å²) in [5.74, 6) is 1.54. The molecule has 2 saturated heterocycles. The molecule has 7 heteroatoms. The van der Waals surface area contributed by atoms with Crippen molar-refractivity contribution >= 4 is 34.8 Å². The maximum atomic E-state index is 5.49. The van der Waals surface area contributed by atoms with Gasteiger partial charge in [-0.15, -0.1) is 0 Å². The van der Waals surface area contributed by atoms with Crippen molar-refractivity contribution in [2.24, 2.45) is 0 Å². The molecule has 30 heavy (non-hydrogen) atoms. The van der Waals surface area contributed by atoms with Gasteiger partial charge in [-0.2, -0.15) is 4.98 Å². The van der Waals surface area contributed by atoms with E-state index in [1.54, 1.807) is 0 Å². The van der Waals surface area contributed by atoms with Crippen LogP contribution in [0.25, 0.3) is 0 Å². The van der Waals surface area contributed by atoms with Crippen LogP contribution in [0.1, 0.15) is 50.3 Å². The van der Waals surface area contributed by atoms with E-state index in [2.05, 4.69) is 62.7 Å². The summed E-state index contributed by atoms with van der Waals surface area (Å²) in [6.07, 6.45) is 6.31. The van der Waals surface area contributed by atoms with E-state index in [4.69, 9.17) is 17.2 Å². The molecule has 1 atom stereocenters. The van der Waals surface area contributed by atoms with Crippen molar-refractivity contribution in [1.29, 1.82) is 0 Å². The second-order valence-corrected chi connectivity index (χ2v) is 8.81. The molecule has 2 aliphatic heterocycles. The summed E-state index contributed by atoms with van der Waals surface area (Å²) in [6, 6.07) is 11.3. The number of thiocarbonyl (C=S) groups is 1. The van der Waals surface area contributed by atoms with E-state index in [1.807, 2.05) is 6.92 Å². The van der Waals surface area contributed by atoms with Gasteiger partial charge in [0.1, 0.15) is 5.82 Å². The molecule has 0 spiro atoms. The zero-order valence-electron chi connectivity index (χ0n) is 18.0. The molecule has 0 amide bonds. The van der Waals surface area contributed by atoms with E-state index in [1.165, 1.54) is 56.4 Å². The number of anilines is 3. The summed E-state index contributed by atoms with van der Waals surface area (Å²) in [7, 11) is 0. The van der Waals surface area contributed by atoms with Crippen LogP contribution in [0, 0.1) is 6.92 Å². The topological polar surface area (TPSA) is 56.3 Å². The fraction of sp³-hybridized carbons (Fsp3) is 0.522. The second kappa shape index (κ2) is 9.60. The molecule has 6 nitrogen and oxygen atoms in total. The van der Waals surface area contributed by atoms with Gasteiger partial charge in [0.05, 0.1) is 0 Å². The number of hydrogen-bond donors (Lipinski definition) is 2. The quantitative estimate of drug-likeness (QED) is 0.696. The zero-order valence-corrected chi connectivity index (χ0v) is 18.8. The number of nitrogens with zero attached hydrogens (tertiary/aromatic N) is 4. The number of nitrogens with one attached hydrogen (secondary N) is 2. The minimum atomic E-state index is 0.509. The fourth-order valence-electron chi connectivity index (χ4n) is 4.32. The Labute approximate surface area is 185 Å². The highest BCUT2D eigenvalue weighted by molar-refractivity contribution is 7.80. The van der Waals surface area contributed by atoms with Crippen LogP contribution in [0.5, 0.6) is 0 Å². The fourth-order valence-corrected chi connectivity index (χ4v) is 4.48. The Balaban J connectivity index is 1.33. The van der Waals surface area contributed by atoms with Crippen LogP contribution >= 0.6 is 12.2 Å². The number of hydrogen-bond acceptors (Lipinski definition) is 5. The van der Waals surface area contributed by atoms with Gasteiger partial charge in [0.2, 0.25) is 5.95 Å². The Bertz CT molecular complexity index is 862. The Morgan fingerprint density at radius 1 is 1.07 bits per heavy atom. The van der Waals surface area contributed by atoms with E-state index < -0.39 is 0 Å². The minimum absolute atomic E-state index is 0.509. The van der Waals surface area contributed by atoms with E-state index in [0.717, 1.165) is 18.1 Å². The van der Waals surface area contributed by atoms with Crippen molar-refractivity contribution in [3.63, 3.8) is 0 Å². The van der Waals surface area contributed by atoms with E-state index in [-0.39, 0.29) is 0 Å². The molecule has 160 valence electrons.